The molecule has 0 spiro atoms. The Balaban J connectivity index is 1.09. The number of benzene rings is 1. The first-order chi connectivity index (χ1) is 17.9. The molecule has 0 bridgehead atoms. The second-order valence-electron chi connectivity index (χ2n) is 9.88. The fraction of sp³-hybridized carbons (Fsp3) is 0.440. The van der Waals surface area contributed by atoms with E-state index in [0.717, 1.165) is 30.8 Å². The van der Waals surface area contributed by atoms with Crippen molar-refractivity contribution >= 4 is 44.9 Å². The van der Waals surface area contributed by atoms with Crippen molar-refractivity contribution in [3.05, 3.63) is 42.5 Å². The average molecular weight is 524 g/mol. The standard InChI is InChI=1S/C25H29N7O4S/c33-23-5-2-14-31(23)19-8-10-20(11-9-19)37(35,36)29-18-12-15-30(16-13-18)22-4-1-3-21-26-25(28-32(21)22)27-24(34)17-6-7-17/h1,3-4,8-11,17-18,29H,2,5-7,12-16H2,(H,27,28,34). The summed E-state index contributed by atoms with van der Waals surface area (Å²) in [5, 5.41) is 7.29. The van der Waals surface area contributed by atoms with E-state index in [1.807, 2.05) is 18.2 Å². The first kappa shape index (κ1) is 23.9. The molecule has 2 N–H and O–H groups in total. The van der Waals surface area contributed by atoms with Gasteiger partial charge in [-0.3, -0.25) is 14.9 Å². The van der Waals surface area contributed by atoms with Crippen LogP contribution >= 0.6 is 0 Å². The third-order valence-corrected chi connectivity index (χ3v) is 8.73. The molecule has 2 amide bonds. The number of hydrogen-bond donors (Lipinski definition) is 2. The Morgan fingerprint density at radius 2 is 1.73 bits per heavy atom. The molecule has 0 atom stereocenters. The summed E-state index contributed by atoms with van der Waals surface area (Å²) in [6.45, 7) is 1.96. The minimum Gasteiger partial charge on any atom is -0.356 e. The maximum atomic E-state index is 13.0. The van der Waals surface area contributed by atoms with Crippen molar-refractivity contribution in [1.29, 1.82) is 0 Å². The van der Waals surface area contributed by atoms with Gasteiger partial charge < -0.3 is 9.80 Å². The van der Waals surface area contributed by atoms with Crippen LogP contribution in [0.2, 0.25) is 0 Å². The van der Waals surface area contributed by atoms with E-state index in [-0.39, 0.29) is 28.7 Å². The number of anilines is 3. The molecule has 37 heavy (non-hydrogen) atoms. The van der Waals surface area contributed by atoms with Gasteiger partial charge in [-0.15, -0.1) is 5.10 Å². The Labute approximate surface area is 214 Å². The lowest BCUT2D eigenvalue weighted by Crippen LogP contribution is -2.45. The van der Waals surface area contributed by atoms with Crippen LogP contribution in [-0.2, 0) is 19.6 Å². The number of piperidine rings is 1. The lowest BCUT2D eigenvalue weighted by molar-refractivity contribution is -0.118. The molecule has 6 rings (SSSR count). The van der Waals surface area contributed by atoms with Crippen molar-refractivity contribution in [1.82, 2.24) is 19.3 Å². The van der Waals surface area contributed by atoms with Gasteiger partial charge in [0.05, 0.1) is 4.90 Å². The van der Waals surface area contributed by atoms with Crippen molar-refractivity contribution in [2.24, 2.45) is 5.92 Å². The Morgan fingerprint density at radius 3 is 2.41 bits per heavy atom. The van der Waals surface area contributed by atoms with E-state index in [1.54, 1.807) is 33.7 Å². The summed E-state index contributed by atoms with van der Waals surface area (Å²) in [6.07, 6.45) is 4.45. The molecular formula is C25H29N7O4S. The molecule has 1 aliphatic carbocycles. The van der Waals surface area contributed by atoms with Crippen LogP contribution in [0.4, 0.5) is 17.5 Å². The van der Waals surface area contributed by atoms with Gasteiger partial charge in [0, 0.05) is 43.7 Å². The SMILES string of the molecule is O=C(Nc1nc2cccc(N3CCC(NS(=O)(=O)c4ccc(N5CCCC5=O)cc4)CC3)n2n1)C1CC1. The highest BCUT2D eigenvalue weighted by Gasteiger charge is 2.31. The highest BCUT2D eigenvalue weighted by molar-refractivity contribution is 7.89. The summed E-state index contributed by atoms with van der Waals surface area (Å²) in [7, 11) is -3.68. The number of fused-ring (bicyclic) bond motifs is 1. The summed E-state index contributed by atoms with van der Waals surface area (Å²) >= 11 is 0. The minimum absolute atomic E-state index is 0.0373. The number of pyridine rings is 1. The van der Waals surface area contributed by atoms with Crippen LogP contribution in [0.5, 0.6) is 0 Å². The van der Waals surface area contributed by atoms with Crippen molar-refractivity contribution in [3.63, 3.8) is 0 Å². The fourth-order valence-electron chi connectivity index (χ4n) is 4.98. The largest absolute Gasteiger partial charge is 0.356 e. The van der Waals surface area contributed by atoms with E-state index >= 15 is 0 Å². The van der Waals surface area contributed by atoms with Crippen LogP contribution in [0.1, 0.15) is 38.5 Å². The van der Waals surface area contributed by atoms with Crippen LogP contribution in [-0.4, -0.2) is 60.5 Å². The number of nitrogens with one attached hydrogen (secondary N) is 2. The van der Waals surface area contributed by atoms with Gasteiger partial charge >= 0.3 is 0 Å². The van der Waals surface area contributed by atoms with Crippen molar-refractivity contribution < 1.29 is 18.0 Å². The summed E-state index contributed by atoms with van der Waals surface area (Å²) in [5.41, 5.74) is 1.37. The summed E-state index contributed by atoms with van der Waals surface area (Å²) < 4.78 is 30.6. The van der Waals surface area contributed by atoms with Gasteiger partial charge in [0.25, 0.3) is 0 Å². The number of carbonyl (C=O) groups excluding carboxylic acids is 2. The van der Waals surface area contributed by atoms with Gasteiger partial charge in [-0.2, -0.15) is 9.50 Å². The maximum Gasteiger partial charge on any atom is 0.249 e. The van der Waals surface area contributed by atoms with Crippen LogP contribution in [0.3, 0.4) is 0 Å². The predicted molar refractivity (Wildman–Crippen MR) is 138 cm³/mol. The van der Waals surface area contributed by atoms with E-state index in [2.05, 4.69) is 25.0 Å². The Hall–Kier alpha value is -3.51. The average Bonchev–Trinajstić information content (AvgIpc) is 3.53. The van der Waals surface area contributed by atoms with E-state index in [1.165, 1.54) is 0 Å². The normalized spacial score (nSPS) is 19.1. The van der Waals surface area contributed by atoms with E-state index in [0.29, 0.717) is 50.5 Å². The highest BCUT2D eigenvalue weighted by Crippen LogP contribution is 2.30. The zero-order valence-corrected chi connectivity index (χ0v) is 21.2. The topological polar surface area (TPSA) is 129 Å². The molecule has 3 fully saturated rings. The highest BCUT2D eigenvalue weighted by atomic mass is 32.2. The lowest BCUT2D eigenvalue weighted by atomic mass is 10.1. The van der Waals surface area contributed by atoms with Gasteiger partial charge in [0.15, 0.2) is 5.65 Å². The number of amides is 2. The van der Waals surface area contributed by atoms with Gasteiger partial charge in [-0.25, -0.2) is 13.1 Å². The zero-order chi connectivity index (χ0) is 25.6. The zero-order valence-electron chi connectivity index (χ0n) is 20.3. The van der Waals surface area contributed by atoms with Crippen molar-refractivity contribution in [2.75, 3.05) is 34.8 Å². The van der Waals surface area contributed by atoms with Crippen LogP contribution in [0.25, 0.3) is 5.65 Å². The van der Waals surface area contributed by atoms with E-state index in [9.17, 15) is 18.0 Å². The molecule has 3 aliphatic rings. The molecule has 1 saturated carbocycles. The van der Waals surface area contributed by atoms with E-state index < -0.39 is 10.0 Å². The van der Waals surface area contributed by atoms with Gasteiger partial charge in [-0.05, 0) is 68.5 Å². The van der Waals surface area contributed by atoms with E-state index in [4.69, 9.17) is 0 Å². The molecule has 2 saturated heterocycles. The molecule has 4 heterocycles. The minimum atomic E-state index is -3.68. The molecule has 1 aromatic carbocycles. The number of carbonyl (C=O) groups is 2. The smallest absolute Gasteiger partial charge is 0.249 e. The fourth-order valence-corrected chi connectivity index (χ4v) is 6.29. The molecule has 2 aromatic heterocycles. The number of sulfonamides is 1. The van der Waals surface area contributed by atoms with Gasteiger partial charge in [0.1, 0.15) is 5.82 Å². The summed E-state index contributed by atoms with van der Waals surface area (Å²) in [6, 6.07) is 12.0. The Morgan fingerprint density at radius 1 is 0.973 bits per heavy atom. The number of nitrogens with zero attached hydrogens (tertiary/aromatic N) is 5. The molecular weight excluding hydrogens is 494 g/mol. The number of hydrogen-bond acceptors (Lipinski definition) is 7. The first-order valence-corrected chi connectivity index (χ1v) is 14.2. The first-order valence-electron chi connectivity index (χ1n) is 12.7. The van der Waals surface area contributed by atoms with Crippen molar-refractivity contribution in [2.45, 2.75) is 49.5 Å². The third kappa shape index (κ3) is 4.90. The Kier molecular flexibility index (Phi) is 6.07. The number of aromatic nitrogens is 3. The second-order valence-corrected chi connectivity index (χ2v) is 11.6. The van der Waals surface area contributed by atoms with Crippen LogP contribution in [0.15, 0.2) is 47.4 Å². The molecule has 3 aromatic rings. The summed E-state index contributed by atoms with van der Waals surface area (Å²) in [5.74, 6) is 1.25. The molecule has 0 radical (unpaired) electrons. The predicted octanol–water partition coefficient (Wildman–Crippen LogP) is 2.15. The quantitative estimate of drug-likeness (QED) is 0.486. The van der Waals surface area contributed by atoms with Crippen molar-refractivity contribution in [3.8, 4) is 0 Å². The third-order valence-electron chi connectivity index (χ3n) is 7.20. The molecule has 2 aliphatic heterocycles. The molecule has 11 nitrogen and oxygen atoms in total. The molecule has 12 heteroatoms. The molecule has 0 unspecified atom stereocenters. The second kappa shape index (κ2) is 9.42. The summed E-state index contributed by atoms with van der Waals surface area (Å²) in [4.78, 5) is 32.5. The maximum absolute atomic E-state index is 13.0. The lowest BCUT2D eigenvalue weighted by Gasteiger charge is -2.33. The monoisotopic (exact) mass is 523 g/mol. The van der Waals surface area contributed by atoms with Gasteiger partial charge in [-0.1, -0.05) is 6.07 Å². The van der Waals surface area contributed by atoms with Gasteiger partial charge in [0.2, 0.25) is 27.8 Å². The number of rotatable bonds is 7. The van der Waals surface area contributed by atoms with Crippen LogP contribution < -0.4 is 19.8 Å². The Bertz CT molecular complexity index is 1440. The molecule has 194 valence electrons. The van der Waals surface area contributed by atoms with Crippen LogP contribution in [0, 0.1) is 5.92 Å².